The first kappa shape index (κ1) is 19.0. The zero-order chi connectivity index (χ0) is 10.0. The average Bonchev–Trinajstić information content (AvgIpc) is 1.85. The number of hydrogen-bond donors (Lipinski definition) is 2. The molecule has 0 unspecified atom stereocenters. The van der Waals surface area contributed by atoms with E-state index >= 15 is 0 Å². The summed E-state index contributed by atoms with van der Waals surface area (Å²) >= 11 is 0. The van der Waals surface area contributed by atoms with Crippen molar-refractivity contribution in [3.63, 3.8) is 0 Å². The fraction of sp³-hybridized carbons (Fsp3) is 0.333. The van der Waals surface area contributed by atoms with Crippen molar-refractivity contribution in [2.45, 2.75) is 0 Å². The third-order valence-electron chi connectivity index (χ3n) is 0.471. The molecule has 0 aromatic rings. The summed E-state index contributed by atoms with van der Waals surface area (Å²) in [6, 6.07) is 0. The summed E-state index contributed by atoms with van der Waals surface area (Å²) in [7, 11) is -4.67. The van der Waals surface area contributed by atoms with Crippen molar-refractivity contribution in [3.8, 4) is 0 Å². The minimum atomic E-state index is -4.67. The molecule has 0 heterocycles. The zero-order valence-electron chi connectivity index (χ0n) is 6.51. The molecule has 2 N–H and O–H groups in total. The molecule has 0 amide bonds. The van der Waals surface area contributed by atoms with E-state index in [1.165, 1.54) is 0 Å². The van der Waals surface area contributed by atoms with Crippen molar-refractivity contribution in [2.24, 2.45) is 0 Å². The third-order valence-corrected chi connectivity index (χ3v) is 0.471. The molecule has 0 saturated heterocycles. The van der Waals surface area contributed by atoms with Crippen LogP contribution in [0.15, 0.2) is 25.3 Å². The molecule has 0 rings (SSSR count). The van der Waals surface area contributed by atoms with E-state index in [1.807, 2.05) is 0 Å². The zero-order valence-corrected chi connectivity index (χ0v) is 7.33. The Balaban J connectivity index is -0.000000150. The maximum absolute atomic E-state index is 8.74. The molecule has 13 heavy (non-hydrogen) atoms. The van der Waals surface area contributed by atoms with Gasteiger partial charge in [-0.1, -0.05) is 12.2 Å². The van der Waals surface area contributed by atoms with E-state index in [0.29, 0.717) is 13.2 Å². The molecule has 0 aliphatic carbocycles. The number of hydrogen-bond acceptors (Lipinski definition) is 3. The molecule has 7 heteroatoms. The Morgan fingerprint density at radius 3 is 1.54 bits per heavy atom. The van der Waals surface area contributed by atoms with Crippen molar-refractivity contribution in [1.29, 1.82) is 0 Å². The van der Waals surface area contributed by atoms with Crippen LogP contribution in [0.2, 0.25) is 0 Å². The molecule has 74 valence electrons. The van der Waals surface area contributed by atoms with Gasteiger partial charge in [0.1, 0.15) is 0 Å². The summed E-state index contributed by atoms with van der Waals surface area (Å²) in [5.41, 5.74) is 0. The van der Waals surface area contributed by atoms with E-state index in [4.69, 9.17) is 22.3 Å². The Hall–Kier alpha value is 0.310. The van der Waals surface area contributed by atoms with Crippen LogP contribution in [0.4, 0.5) is 0 Å². The van der Waals surface area contributed by atoms with Gasteiger partial charge in [-0.15, -0.1) is 13.2 Å². The average molecular weight is 220 g/mol. The van der Waals surface area contributed by atoms with Crippen molar-refractivity contribution in [2.75, 3.05) is 13.2 Å². The van der Waals surface area contributed by atoms with Gasteiger partial charge in [-0.2, -0.15) is 8.42 Å². The van der Waals surface area contributed by atoms with Crippen LogP contribution in [0, 0.1) is 0 Å². The summed E-state index contributed by atoms with van der Waals surface area (Å²) in [5.74, 6) is 0. The molecule has 0 aromatic carbocycles. The monoisotopic (exact) mass is 220 g/mol. The molecule has 0 aliphatic heterocycles. The van der Waals surface area contributed by atoms with Crippen LogP contribution in [0.1, 0.15) is 0 Å². The van der Waals surface area contributed by atoms with Gasteiger partial charge in [0.2, 0.25) is 0 Å². The summed E-state index contributed by atoms with van der Waals surface area (Å²) in [5, 5.41) is 0. The molecular weight excluding hydrogens is 207 g/mol. The predicted molar refractivity (Wildman–Crippen MR) is 52.5 cm³/mol. The quantitative estimate of drug-likeness (QED) is 0.303. The summed E-state index contributed by atoms with van der Waals surface area (Å²) in [6.45, 7) is 8.18. The topological polar surface area (TPSA) is 83.8 Å². The van der Waals surface area contributed by atoms with Crippen LogP contribution >= 0.6 is 0 Å². The second kappa shape index (κ2) is 12.3. The molecule has 0 atom stereocenters. The third kappa shape index (κ3) is 70.4. The molecule has 0 bridgehead atoms. The molecule has 5 nitrogen and oxygen atoms in total. The van der Waals surface area contributed by atoms with E-state index < -0.39 is 10.4 Å². The number of rotatable bonds is 4. The van der Waals surface area contributed by atoms with Gasteiger partial charge in [-0.25, -0.2) is 0 Å². The van der Waals surface area contributed by atoms with Crippen LogP contribution in [-0.4, -0.2) is 60.3 Å². The first-order valence-corrected chi connectivity index (χ1v) is 4.31. The molecule has 0 fully saturated rings. The van der Waals surface area contributed by atoms with Gasteiger partial charge in [-0.05, 0) is 0 Å². The molecule has 0 radical (unpaired) electrons. The van der Waals surface area contributed by atoms with Gasteiger partial charge < -0.3 is 4.74 Å². The molecule has 0 saturated carbocycles. The van der Waals surface area contributed by atoms with Crippen LogP contribution in [0.3, 0.4) is 0 Å². The Morgan fingerprint density at radius 2 is 1.38 bits per heavy atom. The van der Waals surface area contributed by atoms with Crippen LogP contribution in [-0.2, 0) is 15.1 Å². The van der Waals surface area contributed by atoms with Gasteiger partial charge in [0, 0.05) is 0 Å². The van der Waals surface area contributed by atoms with E-state index in [0.717, 1.165) is 0 Å². The van der Waals surface area contributed by atoms with Gasteiger partial charge in [0.25, 0.3) is 0 Å². The Bertz CT molecular complexity index is 195. The Kier molecular flexibility index (Phi) is 18.0. The fourth-order valence-electron chi connectivity index (χ4n) is 0.235. The van der Waals surface area contributed by atoms with E-state index in [9.17, 15) is 0 Å². The van der Waals surface area contributed by atoms with Crippen molar-refractivity contribution < 1.29 is 22.3 Å². The Morgan fingerprint density at radius 1 is 1.15 bits per heavy atom. The van der Waals surface area contributed by atoms with Gasteiger partial charge in [0.05, 0.1) is 13.2 Å². The van der Waals surface area contributed by atoms with Crippen molar-refractivity contribution in [1.82, 2.24) is 0 Å². The molecule has 0 aliphatic rings. The second-order valence-electron chi connectivity index (χ2n) is 1.56. The van der Waals surface area contributed by atoms with Gasteiger partial charge >= 0.3 is 40.0 Å². The van der Waals surface area contributed by atoms with Gasteiger partial charge in [0.15, 0.2) is 0 Å². The van der Waals surface area contributed by atoms with E-state index in [-0.39, 0.29) is 29.6 Å². The first-order chi connectivity index (χ1) is 5.41. The van der Waals surface area contributed by atoms with E-state index in [2.05, 4.69) is 13.2 Å². The van der Waals surface area contributed by atoms with Crippen LogP contribution in [0.25, 0.3) is 0 Å². The Labute approximate surface area is 100 Å². The minimum absolute atomic E-state index is 0. The normalized spacial score (nSPS) is 8.77. The van der Waals surface area contributed by atoms with Crippen LogP contribution < -0.4 is 0 Å². The summed E-state index contributed by atoms with van der Waals surface area (Å²) in [4.78, 5) is 0. The predicted octanol–water partition coefficient (Wildman–Crippen LogP) is 0.0737. The SMILES string of the molecule is C=CCOCC=C.O=S(=O)(O)O.[NaH]. The maximum atomic E-state index is 8.74. The van der Waals surface area contributed by atoms with Crippen molar-refractivity contribution in [3.05, 3.63) is 25.3 Å². The number of ether oxygens (including phenoxy) is 1. The summed E-state index contributed by atoms with van der Waals surface area (Å²) in [6.07, 6.45) is 3.42. The fourth-order valence-corrected chi connectivity index (χ4v) is 0.235. The molecule has 0 spiro atoms. The van der Waals surface area contributed by atoms with E-state index in [1.54, 1.807) is 12.2 Å². The van der Waals surface area contributed by atoms with Crippen molar-refractivity contribution >= 4 is 40.0 Å². The second-order valence-corrected chi connectivity index (χ2v) is 2.46. The first-order valence-electron chi connectivity index (χ1n) is 2.91. The molecular formula is C6H13NaO5S. The standard InChI is InChI=1S/C6H10O.Na.H2O4S.H/c1-3-5-7-6-4-2;;1-5(2,3)4;/h3-4H,1-2,5-6H2;;(H2,1,2,3,4);. The van der Waals surface area contributed by atoms with Gasteiger partial charge in [-0.3, -0.25) is 9.11 Å². The molecule has 0 aromatic heterocycles. The van der Waals surface area contributed by atoms with Crippen LogP contribution in [0.5, 0.6) is 0 Å². The summed E-state index contributed by atoms with van der Waals surface area (Å²) < 4.78 is 36.5.